The zero-order valence-corrected chi connectivity index (χ0v) is 48.8. The molecule has 0 aromatic heterocycles. The Morgan fingerprint density at radius 1 is 0.819 bits per heavy atom. The van der Waals surface area contributed by atoms with Crippen LogP contribution in [0.4, 0.5) is 5.69 Å². The first-order valence-electron chi connectivity index (χ1n) is 32.2. The van der Waals surface area contributed by atoms with Gasteiger partial charge in [-0.05, 0) is 159 Å². The van der Waals surface area contributed by atoms with Crippen molar-refractivity contribution in [3.63, 3.8) is 0 Å². The Kier molecular flexibility index (Phi) is 17.1. The van der Waals surface area contributed by atoms with E-state index in [1.807, 2.05) is 24.3 Å². The van der Waals surface area contributed by atoms with Gasteiger partial charge in [-0.2, -0.15) is 0 Å². The van der Waals surface area contributed by atoms with Gasteiger partial charge in [0.05, 0.1) is 37.8 Å². The molecule has 83 heavy (non-hydrogen) atoms. The fourth-order valence-electron chi connectivity index (χ4n) is 17.5. The van der Waals surface area contributed by atoms with Gasteiger partial charge in [0.1, 0.15) is 40.7 Å². The van der Waals surface area contributed by atoms with Crippen molar-refractivity contribution in [3.05, 3.63) is 99.1 Å². The summed E-state index contributed by atoms with van der Waals surface area (Å²) in [6.45, 7) is 1.13. The molecule has 10 bridgehead atoms. The molecule has 3 aliphatic heterocycles. The van der Waals surface area contributed by atoms with Crippen LogP contribution in [0.1, 0.15) is 218 Å². The predicted octanol–water partition coefficient (Wildman–Crippen LogP) is 10.7. The number of benzene rings is 3. The number of carbonyl (C=O) groups excluding carboxylic acids is 3. The van der Waals surface area contributed by atoms with E-state index in [9.17, 15) is 40.2 Å². The number of aromatic hydroxyl groups is 1. The Balaban J connectivity index is 1.03. The zero-order chi connectivity index (χ0) is 57.6. The molecule has 0 radical (unpaired) electrons. The summed E-state index contributed by atoms with van der Waals surface area (Å²) in [5, 5.41) is 77.9. The van der Waals surface area contributed by atoms with Crippen molar-refractivity contribution >= 4 is 23.4 Å². The van der Waals surface area contributed by atoms with E-state index in [2.05, 4.69) is 35.4 Å². The summed E-state index contributed by atoms with van der Waals surface area (Å²) < 4.78 is 19.5. The van der Waals surface area contributed by atoms with Gasteiger partial charge in [-0.25, -0.2) is 4.79 Å². The molecule has 12 unspecified atom stereocenters. The number of nitrogens with one attached hydrogen (secondary N) is 1. The number of anilines is 1. The summed E-state index contributed by atoms with van der Waals surface area (Å²) in [5.41, 5.74) is 1.51. The van der Waals surface area contributed by atoms with Crippen molar-refractivity contribution in [2.45, 2.75) is 239 Å². The first-order chi connectivity index (χ1) is 40.1. The number of fused-ring (bicyclic) bond motifs is 10. The molecule has 13 nitrogen and oxygen atoms in total. The molecule has 3 heterocycles. The second kappa shape index (κ2) is 24.4. The van der Waals surface area contributed by atoms with E-state index in [0.29, 0.717) is 71.4 Å². The molecule has 446 valence electrons. The Bertz CT molecular complexity index is 2990. The second-order valence-corrected chi connectivity index (χ2v) is 27.3. The van der Waals surface area contributed by atoms with Gasteiger partial charge in [-0.3, -0.25) is 9.59 Å². The fourth-order valence-corrected chi connectivity index (χ4v) is 17.5. The number of hydrogen-bond acceptors (Lipinski definition) is 13. The minimum Gasteiger partial charge on any atom is -0.507 e. The molecule has 6 fully saturated rings. The summed E-state index contributed by atoms with van der Waals surface area (Å²) in [4.78, 5) is 44.9. The summed E-state index contributed by atoms with van der Waals surface area (Å²) >= 11 is 0. The van der Waals surface area contributed by atoms with Gasteiger partial charge in [-0.15, -0.1) is 0 Å². The number of carbonyl (C=O) groups is 3. The Morgan fingerprint density at radius 2 is 1.55 bits per heavy atom. The maximum absolute atomic E-state index is 16.2. The van der Waals surface area contributed by atoms with Crippen LogP contribution in [0.5, 0.6) is 11.5 Å². The van der Waals surface area contributed by atoms with Crippen LogP contribution in [0, 0.1) is 41.4 Å². The van der Waals surface area contributed by atoms with E-state index in [1.54, 1.807) is 19.1 Å². The molecule has 6 aliphatic carbocycles. The third-order valence-corrected chi connectivity index (χ3v) is 22.1. The van der Waals surface area contributed by atoms with Crippen molar-refractivity contribution in [1.29, 1.82) is 0 Å². The SMILES string of the molecule is CC(O)(CNc1cc(CO)cc(C2C#CC3CC(=O)Oc4c3cc(c(O)c4C3CCCCC3)CC3OC(=O)C(=CC(O)C4(CCCCC4)c4cccc(c4)CC4C(=O)CCC5C4CC4CCCCC4C35O)C2)c1)C(O)COC1CCCCC1. The quantitative estimate of drug-likeness (QED) is 0.0573. The molecule has 3 aromatic carbocycles. The molecule has 0 amide bonds. The van der Waals surface area contributed by atoms with Crippen LogP contribution >= 0.6 is 0 Å². The van der Waals surface area contributed by atoms with Crippen LogP contribution in [-0.2, 0) is 48.7 Å². The maximum atomic E-state index is 16.2. The standard InChI is InChI=1S/C70H89NO12/c1-68(79,61(75)40-81-53-19-7-3-8-20-53)41-71-52-30-43(39-72)28-48(33-52)45-22-23-46-38-63(76)83-66-54(46)35-49(65(77)64(66)44-15-5-2-6-16-44)37-62-70(80)57-21-10-9-17-47(57)34-55-56(59(73)25-24-58(55)70)31-42-14-13-18-51(29-42)69(26-11-4-12-27-69)60(74)36-50(32-45)67(78)82-62/h13-14,18,28-30,33,35-36,44-47,53,55-58,60-62,71-72,74-75,77,79-80H,2-12,15-17,19-21,24-27,31-32,34,37-41H2,1H3. The van der Waals surface area contributed by atoms with E-state index in [1.165, 1.54) is 6.42 Å². The number of aliphatic hydroxyl groups excluding tert-OH is 3. The van der Waals surface area contributed by atoms with Gasteiger partial charge in [0.25, 0.3) is 0 Å². The van der Waals surface area contributed by atoms with E-state index < -0.39 is 64.6 Å². The molecule has 12 rings (SSSR count). The second-order valence-electron chi connectivity index (χ2n) is 27.3. The van der Waals surface area contributed by atoms with Gasteiger partial charge in [0.2, 0.25) is 0 Å². The van der Waals surface area contributed by atoms with E-state index >= 15 is 4.79 Å². The average molecular weight is 1140 g/mol. The molecule has 0 saturated heterocycles. The average Bonchev–Trinajstić information content (AvgIpc) is 2.27. The molecule has 13 heteroatoms. The number of ether oxygens (including phenoxy) is 3. The number of phenolic OH excluding ortho intramolecular Hbond substituents is 1. The Labute approximate surface area is 490 Å². The van der Waals surface area contributed by atoms with E-state index in [4.69, 9.17) is 14.2 Å². The van der Waals surface area contributed by atoms with Crippen LogP contribution in [0.2, 0.25) is 0 Å². The Hall–Kier alpha value is -5.07. The van der Waals surface area contributed by atoms with Crippen LogP contribution in [0.3, 0.4) is 0 Å². The topological polar surface area (TPSA) is 212 Å². The summed E-state index contributed by atoms with van der Waals surface area (Å²) in [7, 11) is 0. The summed E-state index contributed by atoms with van der Waals surface area (Å²) in [6, 6.07) is 15.8. The normalized spacial score (nSPS) is 32.2. The van der Waals surface area contributed by atoms with Crippen LogP contribution in [-0.4, -0.2) is 97.1 Å². The minimum atomic E-state index is -1.62. The lowest BCUT2D eigenvalue weighted by atomic mass is 9.48. The molecule has 3 aromatic rings. The van der Waals surface area contributed by atoms with Crippen molar-refractivity contribution in [2.75, 3.05) is 18.5 Å². The molecular weight excluding hydrogens is 1050 g/mol. The molecule has 6 saturated carbocycles. The molecular formula is C70H89NO12. The summed E-state index contributed by atoms with van der Waals surface area (Å²) in [6.07, 6.45) is 17.2. The third kappa shape index (κ3) is 11.6. The fraction of sp³-hybridized carbons (Fsp3) is 0.643. The van der Waals surface area contributed by atoms with Gasteiger partial charge >= 0.3 is 11.9 Å². The highest BCUT2D eigenvalue weighted by atomic mass is 16.6. The molecule has 12 atom stereocenters. The highest BCUT2D eigenvalue weighted by molar-refractivity contribution is 5.89. The first kappa shape index (κ1) is 58.3. The first-order valence-corrected chi connectivity index (χ1v) is 32.2. The number of esters is 2. The van der Waals surface area contributed by atoms with Crippen molar-refractivity contribution in [2.24, 2.45) is 29.6 Å². The number of phenols is 1. The maximum Gasteiger partial charge on any atom is 0.334 e. The number of aliphatic hydroxyl groups is 5. The third-order valence-electron chi connectivity index (χ3n) is 22.1. The smallest absolute Gasteiger partial charge is 0.334 e. The lowest BCUT2D eigenvalue weighted by molar-refractivity contribution is -0.228. The number of hydrogen-bond donors (Lipinski definition) is 7. The van der Waals surface area contributed by atoms with Crippen molar-refractivity contribution in [3.8, 4) is 23.3 Å². The van der Waals surface area contributed by atoms with Crippen molar-refractivity contribution < 1.29 is 59.2 Å². The molecule has 9 aliphatic rings. The van der Waals surface area contributed by atoms with Crippen LogP contribution in [0.25, 0.3) is 0 Å². The number of rotatable bonds is 10. The Morgan fingerprint density at radius 3 is 2.34 bits per heavy atom. The summed E-state index contributed by atoms with van der Waals surface area (Å²) in [5.74, 6) is 3.64. The highest BCUT2D eigenvalue weighted by Crippen LogP contribution is 2.60. The van der Waals surface area contributed by atoms with Gasteiger partial charge in [0.15, 0.2) is 0 Å². The van der Waals surface area contributed by atoms with E-state index in [0.717, 1.165) is 120 Å². The van der Waals surface area contributed by atoms with Crippen LogP contribution < -0.4 is 10.1 Å². The lowest BCUT2D eigenvalue weighted by Crippen LogP contribution is -2.65. The van der Waals surface area contributed by atoms with Gasteiger partial charge in [-0.1, -0.05) is 119 Å². The highest BCUT2D eigenvalue weighted by Gasteiger charge is 2.62. The molecule has 7 N–H and O–H groups in total. The molecule has 1 spiro atoms. The minimum absolute atomic E-state index is 0.0154. The predicted molar refractivity (Wildman–Crippen MR) is 315 cm³/mol. The van der Waals surface area contributed by atoms with Gasteiger partial charge < -0.3 is 50.2 Å². The van der Waals surface area contributed by atoms with E-state index in [-0.39, 0.29) is 91.8 Å². The van der Waals surface area contributed by atoms with Gasteiger partial charge in [0, 0.05) is 59.0 Å². The van der Waals surface area contributed by atoms with Crippen molar-refractivity contribution in [1.82, 2.24) is 0 Å². The zero-order valence-electron chi connectivity index (χ0n) is 48.8. The lowest BCUT2D eigenvalue weighted by Gasteiger charge is -2.59. The monoisotopic (exact) mass is 1140 g/mol. The van der Waals surface area contributed by atoms with Crippen LogP contribution in [0.15, 0.2) is 60.2 Å². The largest absolute Gasteiger partial charge is 0.507 e. The number of Topliss-reactive ketones (excluding diaryl/α,β-unsaturated/α-hetero) is 1. The number of ketones is 1.